The SMILES string of the molecule is CCO.COC(=O)/C(=N/NC(N)=O)c1cccc(/C(=N\NC(N)=O)C(=O)OC)c1.O. The molecule has 166 valence electrons. The maximum Gasteiger partial charge on any atom is 0.359 e. The summed E-state index contributed by atoms with van der Waals surface area (Å²) in [5.41, 5.74) is 13.4. The zero-order valence-electron chi connectivity index (χ0n) is 16.5. The zero-order valence-corrected chi connectivity index (χ0v) is 16.5. The smallest absolute Gasteiger partial charge is 0.359 e. The lowest BCUT2D eigenvalue weighted by atomic mass is 10.0. The number of amides is 4. The number of primary amides is 2. The van der Waals surface area contributed by atoms with E-state index in [-0.39, 0.29) is 34.6 Å². The molecule has 1 rings (SSSR count). The summed E-state index contributed by atoms with van der Waals surface area (Å²) in [4.78, 5) is 45.4. The van der Waals surface area contributed by atoms with Crippen LogP contribution in [-0.4, -0.2) is 66.8 Å². The van der Waals surface area contributed by atoms with Crippen LogP contribution in [0.1, 0.15) is 18.1 Å². The summed E-state index contributed by atoms with van der Waals surface area (Å²) in [5.74, 6) is -1.74. The molecule has 9 N–H and O–H groups in total. The second-order valence-electron chi connectivity index (χ2n) is 4.75. The molecule has 0 saturated carbocycles. The number of urea groups is 2. The Morgan fingerprint density at radius 2 is 1.27 bits per heavy atom. The Labute approximate surface area is 171 Å². The molecule has 0 heterocycles. The number of nitrogens with one attached hydrogen (secondary N) is 2. The van der Waals surface area contributed by atoms with Crippen molar-refractivity contribution < 1.29 is 39.2 Å². The van der Waals surface area contributed by atoms with Gasteiger partial charge in [-0.05, 0) is 13.0 Å². The molecule has 0 aliphatic heterocycles. The van der Waals surface area contributed by atoms with E-state index in [0.29, 0.717) is 0 Å². The molecule has 30 heavy (non-hydrogen) atoms. The van der Waals surface area contributed by atoms with Crippen molar-refractivity contribution >= 4 is 35.4 Å². The minimum atomic E-state index is -0.995. The van der Waals surface area contributed by atoms with Crippen molar-refractivity contribution in [1.82, 2.24) is 10.9 Å². The van der Waals surface area contributed by atoms with Crippen molar-refractivity contribution in [1.29, 1.82) is 0 Å². The number of hydrogen-bond acceptors (Lipinski definition) is 9. The third-order valence-corrected chi connectivity index (χ3v) is 2.72. The molecule has 1 aromatic rings. The molecule has 0 aliphatic rings. The van der Waals surface area contributed by atoms with Crippen LogP contribution in [0.4, 0.5) is 9.59 Å². The number of carbonyl (C=O) groups is 4. The van der Waals surface area contributed by atoms with Gasteiger partial charge in [-0.1, -0.05) is 18.2 Å². The number of esters is 2. The van der Waals surface area contributed by atoms with E-state index in [4.69, 9.17) is 16.6 Å². The molecule has 0 atom stereocenters. The van der Waals surface area contributed by atoms with Crippen molar-refractivity contribution in [2.24, 2.45) is 21.7 Å². The van der Waals surface area contributed by atoms with Crippen LogP contribution < -0.4 is 22.3 Å². The summed E-state index contributed by atoms with van der Waals surface area (Å²) >= 11 is 0. The Morgan fingerprint density at radius 1 is 0.933 bits per heavy atom. The van der Waals surface area contributed by atoms with E-state index in [2.05, 4.69) is 19.7 Å². The molecule has 0 aromatic heterocycles. The van der Waals surface area contributed by atoms with Gasteiger partial charge < -0.3 is 31.5 Å². The molecule has 0 radical (unpaired) electrons. The van der Waals surface area contributed by atoms with Crippen molar-refractivity contribution in [2.75, 3.05) is 20.8 Å². The summed E-state index contributed by atoms with van der Waals surface area (Å²) in [7, 11) is 2.23. The number of ether oxygens (including phenoxy) is 2. The second kappa shape index (κ2) is 14.9. The van der Waals surface area contributed by atoms with Crippen molar-refractivity contribution in [3.05, 3.63) is 35.4 Å². The summed E-state index contributed by atoms with van der Waals surface area (Å²) < 4.78 is 9.18. The standard InChI is InChI=1S/C14H16N6O6.C2H6O.H2O/c1-25-11(21)9(17-19-13(15)23)7-4-3-5-8(6-7)10(12(22)26-2)18-20-14(16)24;1-2-3;/h3-6H,1-2H3,(H3,15,19,23)(H3,16,20,24);3H,2H2,1H3;1H2/b17-9+,18-10+;;. The van der Waals surface area contributed by atoms with Crippen molar-refractivity contribution in [3.8, 4) is 0 Å². The number of hydrazone groups is 2. The second-order valence-corrected chi connectivity index (χ2v) is 4.75. The number of nitrogens with two attached hydrogens (primary N) is 2. The van der Waals surface area contributed by atoms with E-state index < -0.39 is 24.0 Å². The normalized spacial score (nSPS) is 10.4. The van der Waals surface area contributed by atoms with Crippen LogP contribution in [0.5, 0.6) is 0 Å². The molecule has 4 amide bonds. The Balaban J connectivity index is 0. The minimum absolute atomic E-state index is 0. The lowest BCUT2D eigenvalue weighted by Gasteiger charge is -2.08. The molecule has 1 aromatic carbocycles. The summed E-state index contributed by atoms with van der Waals surface area (Å²) in [5, 5.41) is 14.7. The number of aliphatic hydroxyl groups is 1. The average molecular weight is 428 g/mol. The third-order valence-electron chi connectivity index (χ3n) is 2.72. The maximum atomic E-state index is 11.9. The van der Waals surface area contributed by atoms with Crippen LogP contribution in [0, 0.1) is 0 Å². The van der Waals surface area contributed by atoms with Gasteiger partial charge in [0.25, 0.3) is 0 Å². The number of rotatable bonds is 6. The lowest BCUT2D eigenvalue weighted by molar-refractivity contribution is -0.133. The molecule has 0 aliphatic carbocycles. The monoisotopic (exact) mass is 428 g/mol. The highest BCUT2D eigenvalue weighted by molar-refractivity contribution is 6.45. The van der Waals surface area contributed by atoms with Gasteiger partial charge in [0.1, 0.15) is 0 Å². The fourth-order valence-electron chi connectivity index (χ4n) is 1.69. The van der Waals surface area contributed by atoms with Gasteiger partial charge in [-0.3, -0.25) is 0 Å². The largest absolute Gasteiger partial charge is 0.464 e. The summed E-state index contributed by atoms with van der Waals surface area (Å²) in [6, 6.07) is 3.72. The van der Waals surface area contributed by atoms with Gasteiger partial charge in [-0.2, -0.15) is 10.2 Å². The van der Waals surface area contributed by atoms with Crippen molar-refractivity contribution in [3.63, 3.8) is 0 Å². The molecule has 0 bridgehead atoms. The average Bonchev–Trinajstić information content (AvgIpc) is 2.68. The first-order chi connectivity index (χ1) is 13.7. The molecule has 0 spiro atoms. The van der Waals surface area contributed by atoms with Gasteiger partial charge >= 0.3 is 24.0 Å². The molecule has 0 saturated heterocycles. The van der Waals surface area contributed by atoms with Gasteiger partial charge in [-0.25, -0.2) is 30.0 Å². The number of carbonyl (C=O) groups excluding carboxylic acids is 4. The third kappa shape index (κ3) is 9.77. The molecule has 0 fully saturated rings. The first-order valence-electron chi connectivity index (χ1n) is 7.86. The van der Waals surface area contributed by atoms with Crippen molar-refractivity contribution in [2.45, 2.75) is 6.92 Å². The highest BCUT2D eigenvalue weighted by atomic mass is 16.5. The molecule has 14 heteroatoms. The van der Waals surface area contributed by atoms with E-state index in [0.717, 1.165) is 14.2 Å². The van der Waals surface area contributed by atoms with Crippen LogP contribution in [0.2, 0.25) is 0 Å². The van der Waals surface area contributed by atoms with E-state index in [1.54, 1.807) is 6.92 Å². The predicted octanol–water partition coefficient (Wildman–Crippen LogP) is -2.05. The van der Waals surface area contributed by atoms with Gasteiger partial charge in [0.05, 0.1) is 14.2 Å². The minimum Gasteiger partial charge on any atom is -0.464 e. The van der Waals surface area contributed by atoms with Gasteiger partial charge in [-0.15, -0.1) is 0 Å². The summed E-state index contributed by atoms with van der Waals surface area (Å²) in [6.45, 7) is 1.93. The van der Waals surface area contributed by atoms with Gasteiger partial charge in [0.2, 0.25) is 0 Å². The molecular formula is C16H24N6O8. The van der Waals surface area contributed by atoms with Gasteiger partial charge in [0.15, 0.2) is 11.4 Å². The van der Waals surface area contributed by atoms with Crippen LogP contribution in [0.15, 0.2) is 34.5 Å². The lowest BCUT2D eigenvalue weighted by Crippen LogP contribution is -2.30. The fourth-order valence-corrected chi connectivity index (χ4v) is 1.69. The van der Waals surface area contributed by atoms with E-state index in [1.165, 1.54) is 24.3 Å². The number of hydrogen-bond donors (Lipinski definition) is 5. The highest BCUT2D eigenvalue weighted by Crippen LogP contribution is 2.10. The molecule has 0 unspecified atom stereocenters. The van der Waals surface area contributed by atoms with E-state index in [9.17, 15) is 19.2 Å². The molecule has 14 nitrogen and oxygen atoms in total. The topological polar surface area (TPSA) is 239 Å². The maximum absolute atomic E-state index is 11.9. The first kappa shape index (κ1) is 28.2. The number of benzene rings is 1. The zero-order chi connectivity index (χ0) is 22.4. The number of aliphatic hydroxyl groups excluding tert-OH is 1. The van der Waals surface area contributed by atoms with Crippen LogP contribution in [0.3, 0.4) is 0 Å². The Morgan fingerprint density at radius 3 is 1.53 bits per heavy atom. The van der Waals surface area contributed by atoms with E-state index in [1.807, 2.05) is 10.9 Å². The highest BCUT2D eigenvalue weighted by Gasteiger charge is 2.20. The number of methoxy groups -OCH3 is 2. The predicted molar refractivity (Wildman–Crippen MR) is 105 cm³/mol. The van der Waals surface area contributed by atoms with Crippen LogP contribution >= 0.6 is 0 Å². The Bertz CT molecular complexity index is 747. The van der Waals surface area contributed by atoms with Crippen LogP contribution in [0.25, 0.3) is 0 Å². The Kier molecular flexibility index (Phi) is 14.0. The Hall–Kier alpha value is -4.04. The quantitative estimate of drug-likeness (QED) is 0.193. The number of nitrogens with zero attached hydrogens (tertiary/aromatic N) is 2. The van der Waals surface area contributed by atoms with E-state index >= 15 is 0 Å². The molecular weight excluding hydrogens is 404 g/mol. The fraction of sp³-hybridized carbons (Fsp3) is 0.250. The first-order valence-corrected chi connectivity index (χ1v) is 7.86. The summed E-state index contributed by atoms with van der Waals surface area (Å²) in [6.07, 6.45) is 0. The van der Waals surface area contributed by atoms with Crippen LogP contribution in [-0.2, 0) is 19.1 Å². The van der Waals surface area contributed by atoms with Gasteiger partial charge in [0, 0.05) is 17.7 Å².